The highest BCUT2D eigenvalue weighted by molar-refractivity contribution is 7.14. The highest BCUT2D eigenvalue weighted by atomic mass is 32.1. The zero-order chi connectivity index (χ0) is 7.52. The topological polar surface area (TPSA) is 15.3 Å². The van der Waals surface area contributed by atoms with Gasteiger partial charge in [-0.1, -0.05) is 0 Å². The minimum Gasteiger partial charge on any atom is -0.388 e. The van der Waals surface area contributed by atoms with Gasteiger partial charge < -0.3 is 10.2 Å². The van der Waals surface area contributed by atoms with Crippen LogP contribution in [0.1, 0.15) is 0 Å². The average Bonchev–Trinajstić information content (AvgIpc) is 2.58. The van der Waals surface area contributed by atoms with Crippen LogP contribution in [0, 0.1) is 0 Å². The number of thiophene rings is 1. The van der Waals surface area contributed by atoms with E-state index in [0.717, 1.165) is 13.1 Å². The summed E-state index contributed by atoms with van der Waals surface area (Å²) in [5.41, 5.74) is 0. The number of hydrogen-bond acceptors (Lipinski definition) is 3. The molecular formula is C8H10N2S. The molecule has 1 aromatic rings. The van der Waals surface area contributed by atoms with Crippen LogP contribution in [0.4, 0.5) is 5.00 Å². The van der Waals surface area contributed by atoms with E-state index in [1.807, 2.05) is 6.20 Å². The molecule has 2 nitrogen and oxygen atoms in total. The van der Waals surface area contributed by atoms with Crippen LogP contribution < -0.4 is 10.2 Å². The smallest absolute Gasteiger partial charge is 0.0949 e. The molecular weight excluding hydrogens is 156 g/mol. The zero-order valence-electron chi connectivity index (χ0n) is 6.16. The molecule has 0 amide bonds. The Hall–Kier alpha value is -0.960. The lowest BCUT2D eigenvalue weighted by atomic mass is 10.4. The fourth-order valence-corrected chi connectivity index (χ4v) is 1.84. The third-order valence-corrected chi connectivity index (χ3v) is 2.56. The maximum absolute atomic E-state index is 3.16. The van der Waals surface area contributed by atoms with Crippen molar-refractivity contribution in [1.82, 2.24) is 5.32 Å². The van der Waals surface area contributed by atoms with Crippen LogP contribution in [0.3, 0.4) is 0 Å². The van der Waals surface area contributed by atoms with Crippen LogP contribution in [0.2, 0.25) is 0 Å². The third-order valence-electron chi connectivity index (χ3n) is 1.66. The Balaban J connectivity index is 2.16. The molecule has 1 aromatic heterocycles. The van der Waals surface area contributed by atoms with E-state index in [1.54, 1.807) is 11.3 Å². The molecule has 1 aliphatic heterocycles. The van der Waals surface area contributed by atoms with Crippen molar-refractivity contribution in [2.45, 2.75) is 0 Å². The number of anilines is 1. The van der Waals surface area contributed by atoms with Crippen LogP contribution in [0.5, 0.6) is 0 Å². The lowest BCUT2D eigenvalue weighted by Gasteiger charge is -2.21. The summed E-state index contributed by atoms with van der Waals surface area (Å²) in [5.74, 6) is 0. The normalized spacial score (nSPS) is 16.5. The number of nitrogens with zero attached hydrogens (tertiary/aromatic N) is 1. The van der Waals surface area contributed by atoms with Gasteiger partial charge in [0.25, 0.3) is 0 Å². The molecule has 11 heavy (non-hydrogen) atoms. The average molecular weight is 166 g/mol. The first kappa shape index (κ1) is 6.73. The Morgan fingerprint density at radius 2 is 2.55 bits per heavy atom. The highest BCUT2D eigenvalue weighted by Crippen LogP contribution is 2.21. The van der Waals surface area contributed by atoms with Gasteiger partial charge in [0, 0.05) is 25.5 Å². The summed E-state index contributed by atoms with van der Waals surface area (Å²) in [4.78, 5) is 2.25. The lowest BCUT2D eigenvalue weighted by Crippen LogP contribution is -2.30. The van der Waals surface area contributed by atoms with E-state index in [-0.39, 0.29) is 0 Å². The Kier molecular flexibility index (Phi) is 1.81. The van der Waals surface area contributed by atoms with E-state index in [2.05, 4.69) is 33.9 Å². The van der Waals surface area contributed by atoms with Crippen molar-refractivity contribution in [2.75, 3.05) is 18.0 Å². The molecule has 0 spiro atoms. The predicted octanol–water partition coefficient (Wildman–Crippen LogP) is 1.63. The SMILES string of the molecule is C1=CN(c2cccs2)CCN1. The van der Waals surface area contributed by atoms with Gasteiger partial charge in [-0.2, -0.15) is 0 Å². The fraction of sp³-hybridized carbons (Fsp3) is 0.250. The largest absolute Gasteiger partial charge is 0.388 e. The summed E-state index contributed by atoms with van der Waals surface area (Å²) in [7, 11) is 0. The van der Waals surface area contributed by atoms with Gasteiger partial charge >= 0.3 is 0 Å². The highest BCUT2D eigenvalue weighted by Gasteiger charge is 2.04. The molecule has 2 heterocycles. The van der Waals surface area contributed by atoms with Crippen LogP contribution >= 0.6 is 11.3 Å². The van der Waals surface area contributed by atoms with E-state index in [9.17, 15) is 0 Å². The quantitative estimate of drug-likeness (QED) is 0.682. The van der Waals surface area contributed by atoms with Crippen LogP contribution in [-0.4, -0.2) is 13.1 Å². The first-order chi connectivity index (χ1) is 5.47. The molecule has 0 fully saturated rings. The molecule has 0 radical (unpaired) electrons. The van der Waals surface area contributed by atoms with Crippen molar-refractivity contribution >= 4 is 16.3 Å². The monoisotopic (exact) mass is 166 g/mol. The minimum absolute atomic E-state index is 1.04. The summed E-state index contributed by atoms with van der Waals surface area (Å²) in [6, 6.07) is 4.22. The Bertz CT molecular complexity index is 241. The van der Waals surface area contributed by atoms with Crippen molar-refractivity contribution in [3.63, 3.8) is 0 Å². The van der Waals surface area contributed by atoms with Crippen molar-refractivity contribution in [2.24, 2.45) is 0 Å². The van der Waals surface area contributed by atoms with Gasteiger partial charge in [-0.3, -0.25) is 0 Å². The molecule has 0 bridgehead atoms. The van der Waals surface area contributed by atoms with Gasteiger partial charge in [0.2, 0.25) is 0 Å². The summed E-state index contributed by atoms with van der Waals surface area (Å²) >= 11 is 1.78. The predicted molar refractivity (Wildman–Crippen MR) is 48.8 cm³/mol. The number of nitrogens with one attached hydrogen (secondary N) is 1. The number of hydrogen-bond donors (Lipinski definition) is 1. The second-order valence-electron chi connectivity index (χ2n) is 2.41. The van der Waals surface area contributed by atoms with Crippen LogP contribution in [-0.2, 0) is 0 Å². The molecule has 0 saturated heterocycles. The summed E-state index contributed by atoms with van der Waals surface area (Å²) in [6.07, 6.45) is 4.07. The molecule has 58 valence electrons. The first-order valence-electron chi connectivity index (χ1n) is 3.67. The summed E-state index contributed by atoms with van der Waals surface area (Å²) in [6.45, 7) is 2.10. The summed E-state index contributed by atoms with van der Waals surface area (Å²) < 4.78 is 0. The second-order valence-corrected chi connectivity index (χ2v) is 3.34. The van der Waals surface area contributed by atoms with Crippen molar-refractivity contribution < 1.29 is 0 Å². The Morgan fingerprint density at radius 1 is 1.55 bits per heavy atom. The van der Waals surface area contributed by atoms with E-state index in [0.29, 0.717) is 0 Å². The van der Waals surface area contributed by atoms with Crippen molar-refractivity contribution in [3.05, 3.63) is 29.9 Å². The van der Waals surface area contributed by atoms with Crippen molar-refractivity contribution in [1.29, 1.82) is 0 Å². The Morgan fingerprint density at radius 3 is 3.18 bits per heavy atom. The maximum atomic E-state index is 3.16. The zero-order valence-corrected chi connectivity index (χ0v) is 6.97. The van der Waals surface area contributed by atoms with Gasteiger partial charge in [-0.15, -0.1) is 11.3 Å². The third kappa shape index (κ3) is 1.38. The molecule has 1 N–H and O–H groups in total. The van der Waals surface area contributed by atoms with Gasteiger partial charge in [-0.25, -0.2) is 0 Å². The maximum Gasteiger partial charge on any atom is 0.0949 e. The van der Waals surface area contributed by atoms with E-state index in [1.165, 1.54) is 5.00 Å². The van der Waals surface area contributed by atoms with E-state index in [4.69, 9.17) is 0 Å². The molecule has 2 rings (SSSR count). The van der Waals surface area contributed by atoms with Crippen LogP contribution in [0.25, 0.3) is 0 Å². The van der Waals surface area contributed by atoms with E-state index < -0.39 is 0 Å². The molecule has 0 aliphatic carbocycles. The fourth-order valence-electron chi connectivity index (χ4n) is 1.10. The number of rotatable bonds is 1. The molecule has 0 aromatic carbocycles. The molecule has 1 aliphatic rings. The van der Waals surface area contributed by atoms with Gasteiger partial charge in [0.1, 0.15) is 0 Å². The minimum atomic E-state index is 1.04. The lowest BCUT2D eigenvalue weighted by molar-refractivity contribution is 0.780. The standard InChI is InChI=1S/C8H10N2S/c1-2-8(11-7-1)10-5-3-9-4-6-10/h1-3,5,7,9H,4,6H2. The van der Waals surface area contributed by atoms with Crippen molar-refractivity contribution in [3.8, 4) is 0 Å². The molecule has 0 atom stereocenters. The molecule has 0 saturated carbocycles. The molecule has 3 heteroatoms. The van der Waals surface area contributed by atoms with Gasteiger partial charge in [0.05, 0.1) is 5.00 Å². The van der Waals surface area contributed by atoms with Gasteiger partial charge in [-0.05, 0) is 17.5 Å². The van der Waals surface area contributed by atoms with E-state index >= 15 is 0 Å². The molecule has 0 unspecified atom stereocenters. The Labute approximate surface area is 70.1 Å². The second kappa shape index (κ2) is 2.96. The van der Waals surface area contributed by atoms with Crippen LogP contribution in [0.15, 0.2) is 29.9 Å². The van der Waals surface area contributed by atoms with Gasteiger partial charge in [0.15, 0.2) is 0 Å². The first-order valence-corrected chi connectivity index (χ1v) is 4.55. The summed E-state index contributed by atoms with van der Waals surface area (Å²) in [5, 5.41) is 6.58.